The van der Waals surface area contributed by atoms with E-state index in [9.17, 15) is 0 Å². The first-order valence-corrected chi connectivity index (χ1v) is 6.43. The van der Waals surface area contributed by atoms with Crippen LogP contribution < -0.4 is 10.2 Å². The molecule has 5 nitrogen and oxygen atoms in total. The Hall–Kier alpha value is -1.88. The Balaban J connectivity index is 1.93. The van der Waals surface area contributed by atoms with E-state index in [0.717, 1.165) is 23.8 Å². The second-order valence-corrected chi connectivity index (χ2v) is 4.84. The number of aromatic nitrogens is 2. The van der Waals surface area contributed by atoms with E-state index in [4.69, 9.17) is 4.42 Å². The van der Waals surface area contributed by atoms with Gasteiger partial charge in [0.2, 0.25) is 0 Å². The van der Waals surface area contributed by atoms with Crippen LogP contribution in [-0.4, -0.2) is 23.1 Å². The molecule has 0 radical (unpaired) electrons. The summed E-state index contributed by atoms with van der Waals surface area (Å²) in [4.78, 5) is 10.8. The van der Waals surface area contributed by atoms with Crippen LogP contribution in [0.2, 0.25) is 0 Å². The maximum atomic E-state index is 5.31. The third kappa shape index (κ3) is 4.06. The summed E-state index contributed by atoms with van der Waals surface area (Å²) in [6, 6.07) is 4.28. The van der Waals surface area contributed by atoms with Crippen molar-refractivity contribution in [1.29, 1.82) is 0 Å². The van der Waals surface area contributed by atoms with E-state index in [1.807, 2.05) is 30.3 Å². The standard InChI is InChI=1S/C14H20N4O/c1-11(2)15-7-12-8-17-14(9-16-12)18(3)10-13-5-4-6-19-13/h4-6,8-9,11,15H,7,10H2,1-3H3. The molecule has 0 amide bonds. The average molecular weight is 260 g/mol. The lowest BCUT2D eigenvalue weighted by Gasteiger charge is -2.16. The van der Waals surface area contributed by atoms with Gasteiger partial charge in [-0.15, -0.1) is 0 Å². The van der Waals surface area contributed by atoms with Gasteiger partial charge in [0.05, 0.1) is 30.9 Å². The molecule has 5 heteroatoms. The van der Waals surface area contributed by atoms with Crippen molar-refractivity contribution in [3.05, 3.63) is 42.2 Å². The zero-order valence-corrected chi connectivity index (χ0v) is 11.6. The zero-order valence-electron chi connectivity index (χ0n) is 11.6. The van der Waals surface area contributed by atoms with Crippen LogP contribution in [0.3, 0.4) is 0 Å². The normalized spacial score (nSPS) is 10.9. The van der Waals surface area contributed by atoms with Crippen LogP contribution in [0.5, 0.6) is 0 Å². The van der Waals surface area contributed by atoms with Crippen molar-refractivity contribution in [2.45, 2.75) is 33.0 Å². The summed E-state index contributed by atoms with van der Waals surface area (Å²) >= 11 is 0. The Bertz CT molecular complexity index is 479. The van der Waals surface area contributed by atoms with Crippen LogP contribution in [0.4, 0.5) is 5.82 Å². The predicted molar refractivity (Wildman–Crippen MR) is 74.8 cm³/mol. The minimum absolute atomic E-state index is 0.447. The minimum Gasteiger partial charge on any atom is -0.467 e. The molecule has 0 aliphatic carbocycles. The molecule has 102 valence electrons. The molecule has 2 aromatic heterocycles. The maximum absolute atomic E-state index is 5.31. The van der Waals surface area contributed by atoms with Crippen molar-refractivity contribution in [2.24, 2.45) is 0 Å². The summed E-state index contributed by atoms with van der Waals surface area (Å²) in [5, 5.41) is 3.32. The Morgan fingerprint density at radius 2 is 2.16 bits per heavy atom. The third-order valence-corrected chi connectivity index (χ3v) is 2.75. The van der Waals surface area contributed by atoms with Gasteiger partial charge in [0.15, 0.2) is 0 Å². The fraction of sp³-hybridized carbons (Fsp3) is 0.429. The highest BCUT2D eigenvalue weighted by Crippen LogP contribution is 2.11. The van der Waals surface area contributed by atoms with Gasteiger partial charge in [-0.25, -0.2) is 4.98 Å². The van der Waals surface area contributed by atoms with E-state index in [2.05, 4.69) is 29.1 Å². The highest BCUT2D eigenvalue weighted by Gasteiger charge is 2.06. The first kappa shape index (κ1) is 13.5. The Labute approximate surface area is 113 Å². The van der Waals surface area contributed by atoms with E-state index >= 15 is 0 Å². The summed E-state index contributed by atoms with van der Waals surface area (Å²) in [5.74, 6) is 1.75. The maximum Gasteiger partial charge on any atom is 0.147 e. The van der Waals surface area contributed by atoms with E-state index in [1.54, 1.807) is 12.5 Å². The zero-order chi connectivity index (χ0) is 13.7. The van der Waals surface area contributed by atoms with Crippen molar-refractivity contribution < 1.29 is 4.42 Å². The van der Waals surface area contributed by atoms with Crippen LogP contribution in [-0.2, 0) is 13.1 Å². The molecule has 0 saturated heterocycles. The molecule has 2 heterocycles. The van der Waals surface area contributed by atoms with Gasteiger partial charge in [-0.1, -0.05) is 13.8 Å². The van der Waals surface area contributed by atoms with Crippen molar-refractivity contribution in [3.8, 4) is 0 Å². The molecule has 1 N–H and O–H groups in total. The Morgan fingerprint density at radius 1 is 1.32 bits per heavy atom. The molecule has 0 spiro atoms. The third-order valence-electron chi connectivity index (χ3n) is 2.75. The molecule has 0 fully saturated rings. The van der Waals surface area contributed by atoms with Gasteiger partial charge in [-0.05, 0) is 12.1 Å². The van der Waals surface area contributed by atoms with E-state index < -0.39 is 0 Å². The molecular formula is C14H20N4O. The smallest absolute Gasteiger partial charge is 0.147 e. The van der Waals surface area contributed by atoms with Crippen molar-refractivity contribution in [3.63, 3.8) is 0 Å². The fourth-order valence-electron chi connectivity index (χ4n) is 1.66. The molecule has 0 saturated carbocycles. The Kier molecular flexibility index (Phi) is 4.52. The van der Waals surface area contributed by atoms with Gasteiger partial charge in [0.25, 0.3) is 0 Å². The predicted octanol–water partition coefficient (Wildman–Crippen LogP) is 2.20. The summed E-state index contributed by atoms with van der Waals surface area (Å²) in [6.45, 7) is 5.65. The fourth-order valence-corrected chi connectivity index (χ4v) is 1.66. The lowest BCUT2D eigenvalue weighted by Crippen LogP contribution is -2.23. The van der Waals surface area contributed by atoms with Gasteiger partial charge >= 0.3 is 0 Å². The highest BCUT2D eigenvalue weighted by atomic mass is 16.3. The highest BCUT2D eigenvalue weighted by molar-refractivity contribution is 5.34. The number of nitrogens with zero attached hydrogens (tertiary/aromatic N) is 3. The van der Waals surface area contributed by atoms with E-state index in [-0.39, 0.29) is 0 Å². The van der Waals surface area contributed by atoms with Crippen LogP contribution in [0, 0.1) is 0 Å². The molecule has 19 heavy (non-hydrogen) atoms. The first-order valence-electron chi connectivity index (χ1n) is 6.43. The van der Waals surface area contributed by atoms with Gasteiger partial charge in [-0.3, -0.25) is 4.98 Å². The number of furan rings is 1. The molecule has 0 bridgehead atoms. The van der Waals surface area contributed by atoms with Crippen LogP contribution in [0.15, 0.2) is 35.2 Å². The van der Waals surface area contributed by atoms with Crippen LogP contribution in [0.25, 0.3) is 0 Å². The number of nitrogens with one attached hydrogen (secondary N) is 1. The second kappa shape index (κ2) is 6.33. The summed E-state index contributed by atoms with van der Waals surface area (Å²) < 4.78 is 5.31. The van der Waals surface area contributed by atoms with Crippen LogP contribution >= 0.6 is 0 Å². The van der Waals surface area contributed by atoms with Crippen LogP contribution in [0.1, 0.15) is 25.3 Å². The van der Waals surface area contributed by atoms with Gasteiger partial charge < -0.3 is 14.6 Å². The molecule has 2 aromatic rings. The van der Waals surface area contributed by atoms with Crippen molar-refractivity contribution in [2.75, 3.05) is 11.9 Å². The van der Waals surface area contributed by atoms with Gasteiger partial charge in [0, 0.05) is 19.6 Å². The quantitative estimate of drug-likeness (QED) is 0.863. The van der Waals surface area contributed by atoms with Gasteiger partial charge in [0.1, 0.15) is 11.6 Å². The molecule has 0 atom stereocenters. The summed E-state index contributed by atoms with van der Waals surface area (Å²) in [5.41, 5.74) is 0.948. The molecule has 0 aliphatic heterocycles. The average Bonchev–Trinajstić information content (AvgIpc) is 2.89. The van der Waals surface area contributed by atoms with E-state index in [0.29, 0.717) is 12.6 Å². The molecular weight excluding hydrogens is 240 g/mol. The van der Waals surface area contributed by atoms with E-state index in [1.165, 1.54) is 0 Å². The largest absolute Gasteiger partial charge is 0.467 e. The molecule has 2 rings (SSSR count). The molecule has 0 aromatic carbocycles. The minimum atomic E-state index is 0.447. The molecule has 0 unspecified atom stereocenters. The monoisotopic (exact) mass is 260 g/mol. The number of hydrogen-bond donors (Lipinski definition) is 1. The van der Waals surface area contributed by atoms with Crippen molar-refractivity contribution >= 4 is 5.82 Å². The first-order chi connectivity index (χ1) is 9.15. The second-order valence-electron chi connectivity index (χ2n) is 4.84. The number of anilines is 1. The van der Waals surface area contributed by atoms with Gasteiger partial charge in [-0.2, -0.15) is 0 Å². The summed E-state index contributed by atoms with van der Waals surface area (Å²) in [7, 11) is 1.97. The number of hydrogen-bond acceptors (Lipinski definition) is 5. The molecule has 0 aliphatic rings. The van der Waals surface area contributed by atoms with Crippen molar-refractivity contribution in [1.82, 2.24) is 15.3 Å². The lowest BCUT2D eigenvalue weighted by atomic mass is 10.3. The SMILES string of the molecule is CC(C)NCc1cnc(N(C)Cc2ccco2)cn1. The summed E-state index contributed by atoms with van der Waals surface area (Å²) in [6.07, 6.45) is 5.28. The topological polar surface area (TPSA) is 54.2 Å². The number of rotatable bonds is 6. The Morgan fingerprint density at radius 3 is 2.74 bits per heavy atom. The lowest BCUT2D eigenvalue weighted by molar-refractivity contribution is 0.506.